The minimum absolute atomic E-state index is 0.0894. The Morgan fingerprint density at radius 1 is 0.562 bits per heavy atom. The predicted molar refractivity (Wildman–Crippen MR) is 287 cm³/mol. The van der Waals surface area contributed by atoms with Gasteiger partial charge in [-0.25, -0.2) is 0 Å². The highest BCUT2D eigenvalue weighted by Crippen LogP contribution is 2.27. The summed E-state index contributed by atoms with van der Waals surface area (Å²) in [6, 6.07) is -12.3. The van der Waals surface area contributed by atoms with Gasteiger partial charge in [0, 0.05) is 19.6 Å². The van der Waals surface area contributed by atoms with Crippen molar-refractivity contribution in [3.05, 3.63) is 0 Å². The summed E-state index contributed by atoms with van der Waals surface area (Å²) in [4.78, 5) is 177. The Hall–Kier alpha value is -6.81. The van der Waals surface area contributed by atoms with Crippen LogP contribution in [0.5, 0.6) is 0 Å². The average molecular weight is 1130 g/mol. The van der Waals surface area contributed by atoms with Crippen molar-refractivity contribution in [2.24, 2.45) is 35.1 Å². The molecule has 28 nitrogen and oxygen atoms in total. The molecule has 80 heavy (non-hydrogen) atoms. The van der Waals surface area contributed by atoms with Crippen LogP contribution in [0.15, 0.2) is 0 Å². The van der Waals surface area contributed by atoms with Crippen LogP contribution in [0.1, 0.15) is 120 Å². The van der Waals surface area contributed by atoms with Gasteiger partial charge in [-0.2, -0.15) is 0 Å². The quantitative estimate of drug-likeness (QED) is 0.0301. The number of hydrogen-bond acceptors (Lipinski definition) is 16. The molecule has 0 aromatic carbocycles. The number of amides is 12. The van der Waals surface area contributed by atoms with Gasteiger partial charge in [-0.1, -0.05) is 55.4 Å². The Bertz CT molecular complexity index is 2250. The molecule has 450 valence electrons. The van der Waals surface area contributed by atoms with E-state index < -0.39 is 169 Å². The van der Waals surface area contributed by atoms with Gasteiger partial charge in [-0.05, 0) is 82.0 Å². The number of aldehydes is 1. The van der Waals surface area contributed by atoms with Gasteiger partial charge in [-0.15, -0.1) is 0 Å². The molecular formula is C52H87N13O15. The average Bonchev–Trinajstić information content (AvgIpc) is 4.20. The maximum Gasteiger partial charge on any atom is 0.246 e. The number of carbonyl (C=O) groups excluding carboxylic acids is 13. The molecular weight excluding hydrogens is 1050 g/mol. The van der Waals surface area contributed by atoms with Crippen LogP contribution in [0.4, 0.5) is 0 Å². The Balaban J connectivity index is 1.73. The molecule has 0 saturated carbocycles. The Morgan fingerprint density at radius 3 is 1.57 bits per heavy atom. The molecule has 0 aromatic rings. The summed E-state index contributed by atoms with van der Waals surface area (Å²) in [5.41, 5.74) is 11.4. The van der Waals surface area contributed by atoms with Gasteiger partial charge in [0.15, 0.2) is 0 Å². The highest BCUT2D eigenvalue weighted by atomic mass is 16.3. The number of likely N-dealkylation sites (tertiary alicyclic amines) is 3. The van der Waals surface area contributed by atoms with Gasteiger partial charge in [0.05, 0.1) is 38.3 Å². The van der Waals surface area contributed by atoms with E-state index in [1.54, 1.807) is 27.7 Å². The van der Waals surface area contributed by atoms with Crippen LogP contribution in [0.3, 0.4) is 0 Å². The highest BCUT2D eigenvalue weighted by Gasteiger charge is 2.46. The number of rotatable bonds is 30. The van der Waals surface area contributed by atoms with E-state index in [0.29, 0.717) is 38.4 Å². The summed E-state index contributed by atoms with van der Waals surface area (Å²) >= 11 is 0. The zero-order chi connectivity index (χ0) is 60.3. The molecule has 3 rings (SSSR count). The number of primary amides is 1. The number of nitrogens with zero attached hydrogens (tertiary/aromatic N) is 3. The molecule has 0 aliphatic carbocycles. The molecule has 0 unspecified atom stereocenters. The predicted octanol–water partition coefficient (Wildman–Crippen LogP) is -4.72. The number of carbonyl (C=O) groups is 13. The third-order valence-electron chi connectivity index (χ3n) is 14.1. The fraction of sp³-hybridized carbons (Fsp3) is 0.750. The van der Waals surface area contributed by atoms with Crippen LogP contribution in [-0.2, 0) is 62.3 Å². The lowest BCUT2D eigenvalue weighted by Gasteiger charge is -2.34. The summed E-state index contributed by atoms with van der Waals surface area (Å²) in [7, 11) is 0. The number of hydrogen-bond donors (Lipinski definition) is 12. The normalized spacial score (nSPS) is 20.1. The molecule has 3 heterocycles. The number of aliphatic hydroxyl groups is 2. The van der Waals surface area contributed by atoms with E-state index in [9.17, 15) is 67.4 Å². The van der Waals surface area contributed by atoms with E-state index in [-0.39, 0.29) is 57.3 Å². The minimum Gasteiger partial charge on any atom is -0.394 e. The van der Waals surface area contributed by atoms with E-state index >= 15 is 0 Å². The van der Waals surface area contributed by atoms with E-state index in [4.69, 9.17) is 16.6 Å². The van der Waals surface area contributed by atoms with Gasteiger partial charge in [0.1, 0.15) is 60.7 Å². The van der Waals surface area contributed by atoms with Gasteiger partial charge in [0.2, 0.25) is 70.9 Å². The number of nitrogens with one attached hydrogen (secondary N) is 8. The Kier molecular flexibility index (Phi) is 26.9. The van der Waals surface area contributed by atoms with Crippen LogP contribution in [0.25, 0.3) is 0 Å². The van der Waals surface area contributed by atoms with Crippen LogP contribution < -0.4 is 54.0 Å². The second kappa shape index (κ2) is 31.8. The Morgan fingerprint density at radius 2 is 1.05 bits per heavy atom. The molecule has 0 bridgehead atoms. The lowest BCUT2D eigenvalue weighted by atomic mass is 9.99. The standard InChI is InChI=1S/C52H87N13O15/c1-26(2)19-32(53)44(72)56-23-40(71)63-16-10-13-35(63)46(74)61-42(29(7)8)49(77)59-34(20-27(3)4)51(79)65-18-12-15-37(65)52(80)64-17-11-14-36(64)47(75)62-43(30(9)68)50(78)58-33(21-38(54)69)45(73)60-41(28(5)6)48(76)55-22-39(70)57-31(24-66)25-67/h24,26-37,41-43,67-68H,10-23,25,53H2,1-9H3,(H2,54,69)(H,55,76)(H,56,72)(H,57,70)(H,58,78)(H,59,77)(H,60,73)(H,61,74)(H,62,75)/t30-,31-,32+,33+,34+,35+,36+,37+,41+,42+,43+/m1/s1. The first kappa shape index (κ1) is 67.5. The molecule has 12 amide bonds. The summed E-state index contributed by atoms with van der Waals surface area (Å²) in [6.45, 7) is 14.0. The molecule has 3 saturated heterocycles. The largest absolute Gasteiger partial charge is 0.394 e. The van der Waals surface area contributed by atoms with Crippen LogP contribution >= 0.6 is 0 Å². The second-order valence-electron chi connectivity index (χ2n) is 22.4. The van der Waals surface area contributed by atoms with Crippen molar-refractivity contribution in [1.29, 1.82) is 0 Å². The lowest BCUT2D eigenvalue weighted by Crippen LogP contribution is -2.62. The number of nitrogens with two attached hydrogens (primary N) is 2. The summed E-state index contributed by atoms with van der Waals surface area (Å²) < 4.78 is 0. The summed E-state index contributed by atoms with van der Waals surface area (Å²) in [5, 5.41) is 39.7. The van der Waals surface area contributed by atoms with Gasteiger partial charge in [0.25, 0.3) is 0 Å². The van der Waals surface area contributed by atoms with Crippen LogP contribution in [0.2, 0.25) is 0 Å². The van der Waals surface area contributed by atoms with Crippen molar-refractivity contribution >= 4 is 77.2 Å². The van der Waals surface area contributed by atoms with Crippen molar-refractivity contribution in [2.45, 2.75) is 187 Å². The molecule has 0 aromatic heterocycles. The second-order valence-corrected chi connectivity index (χ2v) is 22.4. The zero-order valence-electron chi connectivity index (χ0n) is 47.5. The summed E-state index contributed by atoms with van der Waals surface area (Å²) in [6.07, 6.45) is 0.389. The monoisotopic (exact) mass is 1130 g/mol. The number of aliphatic hydroxyl groups excluding tert-OH is 2. The third kappa shape index (κ3) is 19.8. The molecule has 3 fully saturated rings. The van der Waals surface area contributed by atoms with Gasteiger partial charge < -0.3 is 83.7 Å². The third-order valence-corrected chi connectivity index (χ3v) is 14.1. The fourth-order valence-electron chi connectivity index (χ4n) is 9.84. The first-order valence-electron chi connectivity index (χ1n) is 27.6. The highest BCUT2D eigenvalue weighted by molar-refractivity contribution is 6.00. The topological polar surface area (TPSA) is 420 Å². The Labute approximate surface area is 466 Å². The van der Waals surface area contributed by atoms with Crippen molar-refractivity contribution < 1.29 is 72.5 Å². The fourth-order valence-corrected chi connectivity index (χ4v) is 9.84. The van der Waals surface area contributed by atoms with Crippen LogP contribution in [-0.4, -0.2) is 208 Å². The minimum atomic E-state index is -1.76. The SMILES string of the molecule is CC(C)C[C@H](NC(=O)[C@@H](NC(=O)[C@@H]1CCCN1C(=O)CNC(=O)[C@@H](N)CC(C)C)C(C)C)C(=O)N1CCC[C@H]1C(=O)N1CCC[C@H]1C(=O)N[C@H](C(=O)N[C@@H](CC(N)=O)C(=O)N[C@H](C(=O)NCC(=O)N[C@H](C=O)CO)C(C)C)[C@@H](C)O. The molecule has 11 atom stereocenters. The van der Waals surface area contributed by atoms with Crippen molar-refractivity contribution in [1.82, 2.24) is 57.2 Å². The van der Waals surface area contributed by atoms with Crippen molar-refractivity contribution in [3.63, 3.8) is 0 Å². The van der Waals surface area contributed by atoms with Crippen molar-refractivity contribution in [3.8, 4) is 0 Å². The lowest BCUT2D eigenvalue weighted by molar-refractivity contribution is -0.148. The van der Waals surface area contributed by atoms with Gasteiger partial charge in [-0.3, -0.25) is 57.5 Å². The maximum absolute atomic E-state index is 14.5. The van der Waals surface area contributed by atoms with E-state index in [0.717, 1.165) is 0 Å². The van der Waals surface area contributed by atoms with E-state index in [1.807, 2.05) is 27.7 Å². The van der Waals surface area contributed by atoms with Crippen LogP contribution in [0, 0.1) is 23.7 Å². The van der Waals surface area contributed by atoms with E-state index in [2.05, 4.69) is 42.5 Å². The molecule has 3 aliphatic heterocycles. The molecule has 14 N–H and O–H groups in total. The molecule has 0 spiro atoms. The first-order chi connectivity index (χ1) is 37.5. The smallest absolute Gasteiger partial charge is 0.246 e. The molecule has 3 aliphatic rings. The van der Waals surface area contributed by atoms with Crippen molar-refractivity contribution in [2.75, 3.05) is 39.3 Å². The molecule has 0 radical (unpaired) electrons. The zero-order valence-corrected chi connectivity index (χ0v) is 47.5. The first-order valence-corrected chi connectivity index (χ1v) is 27.6. The maximum atomic E-state index is 14.5. The summed E-state index contributed by atoms with van der Waals surface area (Å²) in [5.74, 6) is -10.2. The van der Waals surface area contributed by atoms with E-state index in [1.165, 1.54) is 21.6 Å². The molecule has 28 heteroatoms. The van der Waals surface area contributed by atoms with Gasteiger partial charge >= 0.3 is 0 Å².